The molecule has 2 aromatic carbocycles. The average Bonchev–Trinajstić information content (AvgIpc) is 2.34. The predicted octanol–water partition coefficient (Wildman–Crippen LogP) is 4.06. The fraction of sp³-hybridized carbons (Fsp3) is 0.133. The Morgan fingerprint density at radius 2 is 1.94 bits per heavy atom. The number of nitrogens with one attached hydrogen (secondary N) is 1. The van der Waals surface area contributed by atoms with Gasteiger partial charge in [-0.3, -0.25) is 0 Å². The Kier molecular flexibility index (Phi) is 3.29. The second-order valence-electron chi connectivity index (χ2n) is 4.22. The van der Waals surface area contributed by atoms with Crippen molar-refractivity contribution in [3.63, 3.8) is 0 Å². The molecule has 2 nitrogen and oxygen atoms in total. The average molecular weight is 240 g/mol. The quantitative estimate of drug-likeness (QED) is 0.859. The second-order valence-corrected chi connectivity index (χ2v) is 4.22. The summed E-state index contributed by atoms with van der Waals surface area (Å²) < 4.78 is 13.7. The molecule has 0 aliphatic heterocycles. The topological polar surface area (TPSA) is 35.8 Å². The van der Waals surface area contributed by atoms with Gasteiger partial charge in [-0.15, -0.1) is 0 Å². The van der Waals surface area contributed by atoms with E-state index in [1.807, 2.05) is 32.0 Å². The SMILES string of the molecule is Cc1ccc(C#N)c(Nc2c(C)cccc2F)c1. The number of hydrogen-bond donors (Lipinski definition) is 1. The number of aryl methyl sites for hydroxylation is 2. The van der Waals surface area contributed by atoms with Crippen molar-refractivity contribution < 1.29 is 4.39 Å². The summed E-state index contributed by atoms with van der Waals surface area (Å²) in [5.41, 5.74) is 3.37. The smallest absolute Gasteiger partial charge is 0.146 e. The van der Waals surface area contributed by atoms with Crippen LogP contribution in [0, 0.1) is 31.0 Å². The van der Waals surface area contributed by atoms with E-state index in [1.165, 1.54) is 6.07 Å². The maximum absolute atomic E-state index is 13.7. The molecule has 0 aliphatic carbocycles. The van der Waals surface area contributed by atoms with Crippen molar-refractivity contribution in [1.29, 1.82) is 5.26 Å². The summed E-state index contributed by atoms with van der Waals surface area (Å²) in [4.78, 5) is 0. The lowest BCUT2D eigenvalue weighted by molar-refractivity contribution is 0.631. The zero-order valence-corrected chi connectivity index (χ0v) is 10.3. The van der Waals surface area contributed by atoms with E-state index in [9.17, 15) is 4.39 Å². The van der Waals surface area contributed by atoms with Crippen molar-refractivity contribution >= 4 is 11.4 Å². The van der Waals surface area contributed by atoms with Crippen molar-refractivity contribution in [2.24, 2.45) is 0 Å². The van der Waals surface area contributed by atoms with E-state index in [-0.39, 0.29) is 5.82 Å². The van der Waals surface area contributed by atoms with Gasteiger partial charge in [-0.2, -0.15) is 5.26 Å². The molecule has 1 N–H and O–H groups in total. The lowest BCUT2D eigenvalue weighted by Gasteiger charge is -2.12. The van der Waals surface area contributed by atoms with Crippen LogP contribution in [-0.2, 0) is 0 Å². The van der Waals surface area contributed by atoms with Crippen LogP contribution in [-0.4, -0.2) is 0 Å². The normalized spacial score (nSPS) is 9.89. The maximum atomic E-state index is 13.7. The van der Waals surface area contributed by atoms with Crippen LogP contribution in [0.5, 0.6) is 0 Å². The summed E-state index contributed by atoms with van der Waals surface area (Å²) in [6.45, 7) is 3.76. The standard InChI is InChI=1S/C15H13FN2/c1-10-6-7-12(9-17)14(8-10)18-15-11(2)4-3-5-13(15)16/h3-8,18H,1-2H3. The molecule has 3 heteroatoms. The summed E-state index contributed by atoms with van der Waals surface area (Å²) in [5.74, 6) is -0.319. The van der Waals surface area contributed by atoms with Crippen LogP contribution in [0.25, 0.3) is 0 Å². The Morgan fingerprint density at radius 3 is 2.61 bits per heavy atom. The summed E-state index contributed by atoms with van der Waals surface area (Å²) in [6, 6.07) is 12.4. The van der Waals surface area contributed by atoms with E-state index < -0.39 is 0 Å². The predicted molar refractivity (Wildman–Crippen MR) is 70.3 cm³/mol. The molecule has 90 valence electrons. The lowest BCUT2D eigenvalue weighted by atomic mass is 10.1. The molecule has 18 heavy (non-hydrogen) atoms. The molecule has 0 saturated carbocycles. The zero-order chi connectivity index (χ0) is 13.1. The number of para-hydroxylation sites is 1. The minimum absolute atomic E-state index is 0.319. The Bertz CT molecular complexity index is 607. The molecular weight excluding hydrogens is 227 g/mol. The third-order valence-electron chi connectivity index (χ3n) is 2.78. The van der Waals surface area contributed by atoms with Crippen LogP contribution >= 0.6 is 0 Å². The van der Waals surface area contributed by atoms with Crippen LogP contribution in [0.4, 0.5) is 15.8 Å². The summed E-state index contributed by atoms with van der Waals surface area (Å²) in [7, 11) is 0. The largest absolute Gasteiger partial charge is 0.352 e. The molecule has 0 heterocycles. The molecule has 0 aromatic heterocycles. The monoisotopic (exact) mass is 240 g/mol. The van der Waals surface area contributed by atoms with Crippen molar-refractivity contribution in [1.82, 2.24) is 0 Å². The van der Waals surface area contributed by atoms with Crippen molar-refractivity contribution in [3.8, 4) is 6.07 Å². The highest BCUT2D eigenvalue weighted by Gasteiger charge is 2.08. The first-order valence-electron chi connectivity index (χ1n) is 5.64. The highest BCUT2D eigenvalue weighted by Crippen LogP contribution is 2.26. The third-order valence-corrected chi connectivity index (χ3v) is 2.78. The number of rotatable bonds is 2. The van der Waals surface area contributed by atoms with Gasteiger partial charge >= 0.3 is 0 Å². The van der Waals surface area contributed by atoms with E-state index in [0.717, 1.165) is 11.1 Å². The Morgan fingerprint density at radius 1 is 1.17 bits per heavy atom. The molecule has 0 amide bonds. The maximum Gasteiger partial charge on any atom is 0.146 e. The molecule has 0 unspecified atom stereocenters. The van der Waals surface area contributed by atoms with Crippen LogP contribution in [0.15, 0.2) is 36.4 Å². The molecule has 0 atom stereocenters. The number of halogens is 1. The molecule has 2 rings (SSSR count). The minimum atomic E-state index is -0.319. The summed E-state index contributed by atoms with van der Waals surface area (Å²) in [6.07, 6.45) is 0. The molecule has 0 radical (unpaired) electrons. The van der Waals surface area contributed by atoms with Gasteiger partial charge in [0.05, 0.1) is 16.9 Å². The van der Waals surface area contributed by atoms with Gasteiger partial charge in [0, 0.05) is 0 Å². The van der Waals surface area contributed by atoms with Gasteiger partial charge in [-0.05, 0) is 43.2 Å². The number of nitrogens with zero attached hydrogens (tertiary/aromatic N) is 1. The molecule has 0 saturated heterocycles. The first-order chi connectivity index (χ1) is 8.61. The van der Waals surface area contributed by atoms with E-state index in [0.29, 0.717) is 16.9 Å². The van der Waals surface area contributed by atoms with Crippen LogP contribution in [0.1, 0.15) is 16.7 Å². The van der Waals surface area contributed by atoms with E-state index >= 15 is 0 Å². The van der Waals surface area contributed by atoms with Crippen molar-refractivity contribution in [2.75, 3.05) is 5.32 Å². The van der Waals surface area contributed by atoms with Crippen LogP contribution in [0.3, 0.4) is 0 Å². The Labute approximate surface area is 106 Å². The van der Waals surface area contributed by atoms with Gasteiger partial charge in [0.1, 0.15) is 11.9 Å². The van der Waals surface area contributed by atoms with E-state index in [1.54, 1.807) is 12.1 Å². The molecule has 0 bridgehead atoms. The number of hydrogen-bond acceptors (Lipinski definition) is 2. The first kappa shape index (κ1) is 12.1. The van der Waals surface area contributed by atoms with E-state index in [4.69, 9.17) is 5.26 Å². The van der Waals surface area contributed by atoms with Crippen molar-refractivity contribution in [2.45, 2.75) is 13.8 Å². The van der Waals surface area contributed by atoms with Crippen LogP contribution in [0.2, 0.25) is 0 Å². The third kappa shape index (κ3) is 2.33. The Hall–Kier alpha value is -2.34. The number of benzene rings is 2. The highest BCUT2D eigenvalue weighted by molar-refractivity contribution is 5.69. The summed E-state index contributed by atoms with van der Waals surface area (Å²) in [5, 5.41) is 12.0. The van der Waals surface area contributed by atoms with Gasteiger partial charge in [-0.1, -0.05) is 18.2 Å². The van der Waals surface area contributed by atoms with Gasteiger partial charge in [0.2, 0.25) is 0 Å². The van der Waals surface area contributed by atoms with Gasteiger partial charge < -0.3 is 5.32 Å². The van der Waals surface area contributed by atoms with E-state index in [2.05, 4.69) is 11.4 Å². The molecule has 0 fully saturated rings. The first-order valence-corrected chi connectivity index (χ1v) is 5.64. The van der Waals surface area contributed by atoms with Crippen LogP contribution < -0.4 is 5.32 Å². The molecule has 2 aromatic rings. The molecule has 0 spiro atoms. The fourth-order valence-corrected chi connectivity index (χ4v) is 1.78. The number of nitriles is 1. The highest BCUT2D eigenvalue weighted by atomic mass is 19.1. The molecule has 0 aliphatic rings. The number of anilines is 2. The summed E-state index contributed by atoms with van der Waals surface area (Å²) >= 11 is 0. The molecular formula is C15H13FN2. The zero-order valence-electron chi connectivity index (χ0n) is 10.3. The lowest BCUT2D eigenvalue weighted by Crippen LogP contribution is -1.99. The minimum Gasteiger partial charge on any atom is -0.352 e. The Balaban J connectivity index is 2.46. The van der Waals surface area contributed by atoms with Gasteiger partial charge in [0.15, 0.2) is 0 Å². The second kappa shape index (κ2) is 4.89. The van der Waals surface area contributed by atoms with Gasteiger partial charge in [0.25, 0.3) is 0 Å². The van der Waals surface area contributed by atoms with Crippen molar-refractivity contribution in [3.05, 3.63) is 58.9 Å². The fourth-order valence-electron chi connectivity index (χ4n) is 1.78. The van der Waals surface area contributed by atoms with Gasteiger partial charge in [-0.25, -0.2) is 4.39 Å².